The number of hydrogen-bond donors (Lipinski definition) is 1. The number of hydrogen-bond acceptors (Lipinski definition) is 3. The highest BCUT2D eigenvalue weighted by Gasteiger charge is 2.14. The molecule has 0 bridgehead atoms. The number of aromatic carboxylic acids is 1. The second kappa shape index (κ2) is 4.58. The van der Waals surface area contributed by atoms with Crippen molar-refractivity contribution in [2.24, 2.45) is 0 Å². The predicted octanol–water partition coefficient (Wildman–Crippen LogP) is 3.29. The SMILES string of the molecule is CC(C)Sn1ccc2cc(C(=O)O)c(Cl)nc21. The van der Waals surface area contributed by atoms with E-state index in [1.54, 1.807) is 18.0 Å². The maximum atomic E-state index is 10.9. The largest absolute Gasteiger partial charge is 0.478 e. The number of nitrogens with zero attached hydrogens (tertiary/aromatic N) is 2. The van der Waals surface area contributed by atoms with Crippen LogP contribution in [0.3, 0.4) is 0 Å². The number of aromatic nitrogens is 2. The topological polar surface area (TPSA) is 55.1 Å². The van der Waals surface area contributed by atoms with Crippen LogP contribution in [0.5, 0.6) is 0 Å². The molecule has 0 unspecified atom stereocenters. The number of fused-ring (bicyclic) bond motifs is 1. The van der Waals surface area contributed by atoms with E-state index in [1.165, 1.54) is 0 Å². The first-order valence-electron chi connectivity index (χ1n) is 5.07. The van der Waals surface area contributed by atoms with Crippen LogP contribution in [0.15, 0.2) is 18.3 Å². The van der Waals surface area contributed by atoms with Crippen LogP contribution in [0.25, 0.3) is 11.0 Å². The molecule has 4 nitrogen and oxygen atoms in total. The number of carboxylic acids is 1. The first kappa shape index (κ1) is 12.3. The Hall–Kier alpha value is -1.20. The third-order valence-corrected chi connectivity index (χ3v) is 3.37. The lowest BCUT2D eigenvalue weighted by Gasteiger charge is -2.07. The highest BCUT2D eigenvalue weighted by molar-refractivity contribution is 7.98. The zero-order chi connectivity index (χ0) is 12.6. The lowest BCUT2D eigenvalue weighted by Crippen LogP contribution is -2.00. The Morgan fingerprint density at radius 1 is 1.59 bits per heavy atom. The molecule has 2 aromatic heterocycles. The summed E-state index contributed by atoms with van der Waals surface area (Å²) in [6.07, 6.45) is 1.87. The van der Waals surface area contributed by atoms with E-state index in [4.69, 9.17) is 16.7 Å². The Morgan fingerprint density at radius 3 is 2.88 bits per heavy atom. The smallest absolute Gasteiger partial charge is 0.338 e. The summed E-state index contributed by atoms with van der Waals surface area (Å²) in [5.41, 5.74) is 0.727. The van der Waals surface area contributed by atoms with E-state index in [0.29, 0.717) is 10.9 Å². The van der Waals surface area contributed by atoms with Gasteiger partial charge in [0.2, 0.25) is 0 Å². The summed E-state index contributed by atoms with van der Waals surface area (Å²) in [5.74, 6) is -1.06. The van der Waals surface area contributed by atoms with E-state index in [-0.39, 0.29) is 10.7 Å². The minimum absolute atomic E-state index is 0.0225. The number of carboxylic acid groups (broad SMARTS) is 1. The van der Waals surface area contributed by atoms with Gasteiger partial charge in [-0.15, -0.1) is 0 Å². The molecule has 0 atom stereocenters. The molecule has 0 aromatic carbocycles. The lowest BCUT2D eigenvalue weighted by molar-refractivity contribution is 0.0697. The van der Waals surface area contributed by atoms with Crippen molar-refractivity contribution in [2.75, 3.05) is 0 Å². The van der Waals surface area contributed by atoms with Crippen LogP contribution in [0.2, 0.25) is 5.15 Å². The van der Waals surface area contributed by atoms with Crippen LogP contribution in [-0.2, 0) is 0 Å². The van der Waals surface area contributed by atoms with Gasteiger partial charge in [-0.2, -0.15) is 0 Å². The third kappa shape index (κ3) is 2.40. The van der Waals surface area contributed by atoms with Crippen molar-refractivity contribution >= 4 is 40.6 Å². The maximum absolute atomic E-state index is 10.9. The summed E-state index contributed by atoms with van der Waals surface area (Å²) >= 11 is 7.45. The fraction of sp³-hybridized carbons (Fsp3) is 0.273. The van der Waals surface area contributed by atoms with Gasteiger partial charge in [0.1, 0.15) is 5.15 Å². The highest BCUT2D eigenvalue weighted by Crippen LogP contribution is 2.25. The fourth-order valence-corrected chi connectivity index (χ4v) is 2.52. The van der Waals surface area contributed by atoms with Crippen molar-refractivity contribution in [1.82, 2.24) is 8.96 Å². The maximum Gasteiger partial charge on any atom is 0.338 e. The van der Waals surface area contributed by atoms with Gasteiger partial charge in [-0.25, -0.2) is 9.78 Å². The predicted molar refractivity (Wildman–Crippen MR) is 69.8 cm³/mol. The first-order valence-corrected chi connectivity index (χ1v) is 6.28. The van der Waals surface area contributed by atoms with Crippen molar-refractivity contribution < 1.29 is 9.90 Å². The van der Waals surface area contributed by atoms with Gasteiger partial charge in [-0.1, -0.05) is 25.4 Å². The van der Waals surface area contributed by atoms with Crippen molar-refractivity contribution in [3.8, 4) is 0 Å². The second-order valence-electron chi connectivity index (χ2n) is 3.84. The monoisotopic (exact) mass is 270 g/mol. The van der Waals surface area contributed by atoms with Gasteiger partial charge in [-0.3, -0.25) is 3.97 Å². The van der Waals surface area contributed by atoms with Crippen LogP contribution in [0.4, 0.5) is 0 Å². The van der Waals surface area contributed by atoms with Gasteiger partial charge in [-0.05, 0) is 24.1 Å². The Morgan fingerprint density at radius 2 is 2.29 bits per heavy atom. The normalized spacial score (nSPS) is 11.3. The summed E-state index contributed by atoms with van der Waals surface area (Å²) in [6.45, 7) is 4.15. The molecule has 2 aromatic rings. The molecule has 6 heteroatoms. The number of carbonyl (C=O) groups is 1. The van der Waals surface area contributed by atoms with Gasteiger partial charge < -0.3 is 5.11 Å². The average Bonchev–Trinajstić information content (AvgIpc) is 2.59. The lowest BCUT2D eigenvalue weighted by atomic mass is 10.2. The van der Waals surface area contributed by atoms with Crippen LogP contribution in [0.1, 0.15) is 24.2 Å². The van der Waals surface area contributed by atoms with E-state index in [9.17, 15) is 4.79 Å². The van der Waals surface area contributed by atoms with Crippen molar-refractivity contribution in [3.05, 3.63) is 29.0 Å². The van der Waals surface area contributed by atoms with Gasteiger partial charge >= 0.3 is 5.97 Å². The Kier molecular flexibility index (Phi) is 3.31. The molecular weight excluding hydrogens is 260 g/mol. The quantitative estimate of drug-likeness (QED) is 0.870. The summed E-state index contributed by atoms with van der Waals surface area (Å²) in [7, 11) is 0. The first-order chi connectivity index (χ1) is 7.99. The molecule has 0 aliphatic heterocycles. The highest BCUT2D eigenvalue weighted by atomic mass is 35.5. The zero-order valence-electron chi connectivity index (χ0n) is 9.35. The summed E-state index contributed by atoms with van der Waals surface area (Å²) in [4.78, 5) is 15.1. The van der Waals surface area contributed by atoms with E-state index in [1.807, 2.05) is 16.2 Å². The molecule has 17 heavy (non-hydrogen) atoms. The van der Waals surface area contributed by atoms with Crippen LogP contribution >= 0.6 is 23.5 Å². The molecule has 2 rings (SSSR count). The summed E-state index contributed by atoms with van der Waals surface area (Å²) in [5, 5.41) is 10.1. The van der Waals surface area contributed by atoms with Crippen LogP contribution < -0.4 is 0 Å². The number of halogens is 1. The Balaban J connectivity index is 2.56. The van der Waals surface area contributed by atoms with Gasteiger partial charge in [0.25, 0.3) is 0 Å². The second-order valence-corrected chi connectivity index (χ2v) is 5.75. The summed E-state index contributed by atoms with van der Waals surface area (Å²) in [6, 6.07) is 3.38. The molecule has 90 valence electrons. The summed E-state index contributed by atoms with van der Waals surface area (Å²) < 4.78 is 1.90. The molecule has 0 saturated carbocycles. The minimum Gasteiger partial charge on any atom is -0.478 e. The molecular formula is C11H11ClN2O2S. The van der Waals surface area contributed by atoms with Crippen molar-refractivity contribution in [3.63, 3.8) is 0 Å². The molecule has 0 aliphatic carbocycles. The van der Waals surface area contributed by atoms with Crippen LogP contribution in [0, 0.1) is 0 Å². The van der Waals surface area contributed by atoms with Gasteiger partial charge in [0.05, 0.1) is 5.56 Å². The number of rotatable bonds is 3. The van der Waals surface area contributed by atoms with E-state index < -0.39 is 5.97 Å². The molecule has 2 heterocycles. The molecule has 0 radical (unpaired) electrons. The number of pyridine rings is 1. The van der Waals surface area contributed by atoms with Crippen molar-refractivity contribution in [2.45, 2.75) is 19.1 Å². The third-order valence-electron chi connectivity index (χ3n) is 2.14. The average molecular weight is 271 g/mol. The Bertz CT molecular complexity index is 580. The molecule has 0 aliphatic rings. The van der Waals surface area contributed by atoms with Gasteiger partial charge in [0.15, 0.2) is 5.65 Å². The van der Waals surface area contributed by atoms with Crippen molar-refractivity contribution in [1.29, 1.82) is 0 Å². The standard InChI is InChI=1S/C11H11ClN2O2S/c1-6(2)17-14-4-3-7-5-8(11(15)16)9(12)13-10(7)14/h3-6H,1-2H3,(H,15,16). The fourth-order valence-electron chi connectivity index (χ4n) is 1.48. The van der Waals surface area contributed by atoms with E-state index in [2.05, 4.69) is 18.8 Å². The molecule has 1 N–H and O–H groups in total. The van der Waals surface area contributed by atoms with E-state index in [0.717, 1.165) is 5.39 Å². The van der Waals surface area contributed by atoms with E-state index >= 15 is 0 Å². The molecule has 0 fully saturated rings. The van der Waals surface area contributed by atoms with Gasteiger partial charge in [0, 0.05) is 16.8 Å². The minimum atomic E-state index is -1.06. The molecule has 0 spiro atoms. The molecule has 0 saturated heterocycles. The zero-order valence-corrected chi connectivity index (χ0v) is 10.9. The van der Waals surface area contributed by atoms with Crippen LogP contribution in [-0.4, -0.2) is 25.3 Å². The Labute approximate surface area is 108 Å². The molecule has 0 amide bonds.